The fourth-order valence-corrected chi connectivity index (χ4v) is 5.33. The van der Waals surface area contributed by atoms with E-state index in [1.165, 1.54) is 0 Å². The van der Waals surface area contributed by atoms with Crippen molar-refractivity contribution in [1.82, 2.24) is 4.48 Å². The molecule has 2 aliphatic rings. The fraction of sp³-hybridized carbons (Fsp3) is 0. The van der Waals surface area contributed by atoms with Gasteiger partial charge in [-0.05, 0) is 28.8 Å². The number of nitrogens with zero attached hydrogens (tertiary/aromatic N) is 3. The van der Waals surface area contributed by atoms with Crippen molar-refractivity contribution in [2.45, 2.75) is 0 Å². The molecular formula is C28H18BF2N3. The van der Waals surface area contributed by atoms with Gasteiger partial charge in [0, 0.05) is 27.6 Å². The highest BCUT2D eigenvalue weighted by Crippen LogP contribution is 2.45. The summed E-state index contributed by atoms with van der Waals surface area (Å²) in [5.41, 5.74) is 3.95. The molecule has 162 valence electrons. The Hall–Kier alpha value is -4.32. The van der Waals surface area contributed by atoms with E-state index < -0.39 is 6.97 Å². The molecule has 0 aliphatic carbocycles. The SMILES string of the molecule is F[B-]1(F)n2c(c3ccccc3c2-c2ccccc2)N=C2c3ccccc3C(c3ccccc3)=[N+]21. The minimum absolute atomic E-state index is 0.301. The van der Waals surface area contributed by atoms with Crippen LogP contribution in [0.25, 0.3) is 22.0 Å². The first kappa shape index (κ1) is 19.2. The standard InChI is InChI=1S/C28H18BF2N3/c30-29(31)33-25(19-11-3-1-4-12-19)21-15-7-9-17-23(21)27(33)32-28-24-18-10-8-16-22(24)26(34(28)29)20-13-5-2-6-14-20/h1-18H. The lowest BCUT2D eigenvalue weighted by Gasteiger charge is -2.31. The Bertz CT molecular complexity index is 1670. The van der Waals surface area contributed by atoms with E-state index in [1.807, 2.05) is 109 Å². The van der Waals surface area contributed by atoms with Crippen LogP contribution in [0.5, 0.6) is 0 Å². The molecule has 0 fully saturated rings. The normalized spacial score (nSPS) is 15.6. The Morgan fingerprint density at radius 2 is 1.18 bits per heavy atom. The van der Waals surface area contributed by atoms with Gasteiger partial charge in [0.1, 0.15) is 5.71 Å². The van der Waals surface area contributed by atoms with E-state index in [9.17, 15) is 0 Å². The molecule has 4 aromatic carbocycles. The maximum Gasteiger partial charge on any atom is 0.642 e. The number of aliphatic imine (C=N–C) groups is 1. The minimum Gasteiger partial charge on any atom is -0.414 e. The molecule has 0 radical (unpaired) electrons. The third-order valence-corrected chi connectivity index (χ3v) is 6.71. The van der Waals surface area contributed by atoms with Crippen LogP contribution in [0, 0.1) is 0 Å². The number of hydrogen-bond acceptors (Lipinski definition) is 1. The van der Waals surface area contributed by atoms with Crippen LogP contribution in [-0.4, -0.2) is 27.5 Å². The predicted molar refractivity (Wildman–Crippen MR) is 133 cm³/mol. The third-order valence-electron chi connectivity index (χ3n) is 6.71. The number of benzene rings is 4. The summed E-state index contributed by atoms with van der Waals surface area (Å²) in [7, 11) is 0. The average molecular weight is 445 g/mol. The van der Waals surface area contributed by atoms with E-state index in [0.717, 1.165) is 42.0 Å². The Balaban J connectivity index is 1.65. The number of hydrogen-bond donors (Lipinski definition) is 0. The van der Waals surface area contributed by atoms with Gasteiger partial charge >= 0.3 is 6.97 Å². The van der Waals surface area contributed by atoms with Gasteiger partial charge < -0.3 is 17.6 Å². The summed E-state index contributed by atoms with van der Waals surface area (Å²) in [5.74, 6) is 0.602. The molecule has 0 spiro atoms. The zero-order chi connectivity index (χ0) is 22.9. The summed E-state index contributed by atoms with van der Waals surface area (Å²) in [5, 5.41) is 1.49. The minimum atomic E-state index is -4.25. The van der Waals surface area contributed by atoms with Crippen molar-refractivity contribution in [1.29, 1.82) is 0 Å². The van der Waals surface area contributed by atoms with Crippen LogP contribution in [0.4, 0.5) is 14.4 Å². The van der Waals surface area contributed by atoms with Gasteiger partial charge in [-0.15, -0.1) is 0 Å². The number of aromatic nitrogens is 1. The molecule has 0 bridgehead atoms. The van der Waals surface area contributed by atoms with E-state index in [2.05, 4.69) is 0 Å². The molecule has 7 rings (SSSR count). The summed E-state index contributed by atoms with van der Waals surface area (Å²) in [6.07, 6.45) is 0. The molecule has 2 aliphatic heterocycles. The maximum atomic E-state index is 16.9. The lowest BCUT2D eigenvalue weighted by atomic mass is 9.91. The molecule has 3 nitrogen and oxygen atoms in total. The third kappa shape index (κ3) is 2.45. The molecule has 6 heteroatoms. The van der Waals surface area contributed by atoms with Crippen molar-refractivity contribution in [2.75, 3.05) is 0 Å². The van der Waals surface area contributed by atoms with Gasteiger partial charge in [0.15, 0.2) is 0 Å². The first-order valence-electron chi connectivity index (χ1n) is 11.3. The molecule has 0 N–H and O–H groups in total. The molecule has 3 heterocycles. The number of halogens is 2. The Labute approximate surface area is 195 Å². The molecule has 0 saturated carbocycles. The first-order valence-corrected chi connectivity index (χ1v) is 11.3. The highest BCUT2D eigenvalue weighted by molar-refractivity contribution is 6.62. The van der Waals surface area contributed by atoms with Gasteiger partial charge in [-0.3, -0.25) is 0 Å². The van der Waals surface area contributed by atoms with Crippen LogP contribution in [0.3, 0.4) is 0 Å². The monoisotopic (exact) mass is 445 g/mol. The van der Waals surface area contributed by atoms with Crippen molar-refractivity contribution >= 4 is 35.1 Å². The average Bonchev–Trinajstić information content (AvgIpc) is 3.40. The summed E-state index contributed by atoms with van der Waals surface area (Å²) in [6, 6.07) is 33.9. The number of fused-ring (bicyclic) bond motifs is 6. The smallest absolute Gasteiger partial charge is 0.414 e. The van der Waals surface area contributed by atoms with Crippen LogP contribution in [0.1, 0.15) is 16.7 Å². The fourth-order valence-electron chi connectivity index (χ4n) is 5.33. The lowest BCUT2D eigenvalue weighted by molar-refractivity contribution is -0.292. The van der Waals surface area contributed by atoms with Gasteiger partial charge in [-0.1, -0.05) is 91.0 Å². The van der Waals surface area contributed by atoms with Gasteiger partial charge in [-0.25, -0.2) is 0 Å². The molecule has 1 aromatic heterocycles. The quantitative estimate of drug-likeness (QED) is 0.277. The molecule has 34 heavy (non-hydrogen) atoms. The summed E-state index contributed by atoms with van der Waals surface area (Å²) in [4.78, 5) is 4.91. The number of rotatable bonds is 2. The second-order valence-corrected chi connectivity index (χ2v) is 8.61. The van der Waals surface area contributed by atoms with Crippen LogP contribution in [0.2, 0.25) is 0 Å². The topological polar surface area (TPSA) is 20.3 Å². The highest BCUT2D eigenvalue weighted by atomic mass is 19.2. The van der Waals surface area contributed by atoms with E-state index in [4.69, 9.17) is 4.99 Å². The largest absolute Gasteiger partial charge is 0.642 e. The van der Waals surface area contributed by atoms with E-state index >= 15 is 8.63 Å². The van der Waals surface area contributed by atoms with E-state index in [0.29, 0.717) is 23.1 Å². The molecule has 5 aromatic rings. The summed E-state index contributed by atoms with van der Waals surface area (Å²) >= 11 is 0. The molecule has 0 amide bonds. The van der Waals surface area contributed by atoms with Gasteiger partial charge in [0.2, 0.25) is 5.82 Å². The van der Waals surface area contributed by atoms with Crippen molar-refractivity contribution in [3.05, 3.63) is 126 Å². The van der Waals surface area contributed by atoms with Crippen molar-refractivity contribution in [3.8, 4) is 11.3 Å². The number of amidine groups is 1. The second-order valence-electron chi connectivity index (χ2n) is 8.61. The zero-order valence-corrected chi connectivity index (χ0v) is 18.1. The van der Waals surface area contributed by atoms with Crippen LogP contribution in [0.15, 0.2) is 114 Å². The van der Waals surface area contributed by atoms with Crippen molar-refractivity contribution < 1.29 is 13.1 Å². The van der Waals surface area contributed by atoms with Gasteiger partial charge in [0.25, 0.3) is 5.84 Å². The Kier molecular flexibility index (Phi) is 3.86. The molecule has 0 saturated heterocycles. The summed E-state index contributed by atoms with van der Waals surface area (Å²) in [6.45, 7) is -4.25. The predicted octanol–water partition coefficient (Wildman–Crippen LogP) is 6.49. The lowest BCUT2D eigenvalue weighted by Crippen LogP contribution is -2.52. The van der Waals surface area contributed by atoms with Crippen LogP contribution < -0.4 is 0 Å². The highest BCUT2D eigenvalue weighted by Gasteiger charge is 2.54. The van der Waals surface area contributed by atoms with Crippen molar-refractivity contribution in [3.63, 3.8) is 0 Å². The summed E-state index contributed by atoms with van der Waals surface area (Å²) < 4.78 is 36.1. The van der Waals surface area contributed by atoms with E-state index in [1.54, 1.807) is 0 Å². The molecular weight excluding hydrogens is 427 g/mol. The zero-order valence-electron chi connectivity index (χ0n) is 18.1. The molecule has 0 atom stereocenters. The van der Waals surface area contributed by atoms with Crippen LogP contribution in [-0.2, 0) is 0 Å². The Morgan fingerprint density at radius 1 is 0.618 bits per heavy atom. The first-order chi connectivity index (χ1) is 16.7. The van der Waals surface area contributed by atoms with Crippen LogP contribution >= 0.6 is 0 Å². The Morgan fingerprint density at radius 3 is 1.88 bits per heavy atom. The molecule has 0 unspecified atom stereocenters. The van der Waals surface area contributed by atoms with Crippen molar-refractivity contribution in [2.24, 2.45) is 4.99 Å². The second kappa shape index (κ2) is 6.84. The van der Waals surface area contributed by atoms with E-state index in [-0.39, 0.29) is 0 Å². The van der Waals surface area contributed by atoms with Gasteiger partial charge in [0.05, 0.1) is 5.56 Å². The van der Waals surface area contributed by atoms with Gasteiger partial charge in [-0.2, -0.15) is 0 Å². The maximum absolute atomic E-state index is 16.9.